The van der Waals surface area contributed by atoms with E-state index in [1.807, 2.05) is 19.9 Å². The summed E-state index contributed by atoms with van der Waals surface area (Å²) >= 11 is 0. The third-order valence-corrected chi connectivity index (χ3v) is 5.62. The maximum Gasteiger partial charge on any atom is 0.240 e. The van der Waals surface area contributed by atoms with Gasteiger partial charge < -0.3 is 5.11 Å². The molecule has 0 aliphatic carbocycles. The summed E-state index contributed by atoms with van der Waals surface area (Å²) in [4.78, 5) is 0.112. The van der Waals surface area contributed by atoms with Crippen LogP contribution in [0.15, 0.2) is 23.1 Å². The number of aliphatic hydroxyl groups excluding tert-OH is 1. The molecule has 1 rings (SSSR count). The fraction of sp³-hybridized carbons (Fsp3) is 0.533. The van der Waals surface area contributed by atoms with E-state index in [4.69, 9.17) is 5.26 Å². The minimum Gasteiger partial charge on any atom is -0.396 e. The molecule has 0 amide bonds. The lowest BCUT2D eigenvalue weighted by Crippen LogP contribution is -2.39. The highest BCUT2D eigenvalue weighted by Crippen LogP contribution is 2.25. The lowest BCUT2D eigenvalue weighted by Gasteiger charge is -2.29. The standard InChI is InChI=1S/C15H22N2O3S/c1-4-15(5-2,11-18)10-17-21(19,20)14-8-13(9-16)7-6-12(14)3/h6-8,17-18H,4-5,10-11H2,1-3H3. The first-order chi connectivity index (χ1) is 9.84. The lowest BCUT2D eigenvalue weighted by atomic mass is 9.84. The molecule has 0 radical (unpaired) electrons. The van der Waals surface area contributed by atoms with Crippen LogP contribution in [-0.2, 0) is 10.0 Å². The highest BCUT2D eigenvalue weighted by atomic mass is 32.2. The van der Waals surface area contributed by atoms with Crippen molar-refractivity contribution in [3.8, 4) is 6.07 Å². The number of rotatable bonds is 7. The fourth-order valence-corrected chi connectivity index (χ4v) is 3.49. The molecule has 1 aromatic rings. The second kappa shape index (κ2) is 7.03. The molecule has 0 saturated heterocycles. The van der Waals surface area contributed by atoms with Gasteiger partial charge in [0.2, 0.25) is 10.0 Å². The highest BCUT2D eigenvalue weighted by molar-refractivity contribution is 7.89. The van der Waals surface area contributed by atoms with E-state index >= 15 is 0 Å². The van der Waals surface area contributed by atoms with Crippen molar-refractivity contribution in [1.82, 2.24) is 4.72 Å². The van der Waals surface area contributed by atoms with E-state index in [-0.39, 0.29) is 18.0 Å². The first kappa shape index (κ1) is 17.6. The van der Waals surface area contributed by atoms with E-state index in [1.165, 1.54) is 6.07 Å². The molecule has 0 unspecified atom stereocenters. The topological polar surface area (TPSA) is 90.2 Å². The van der Waals surface area contributed by atoms with Gasteiger partial charge in [-0.05, 0) is 37.5 Å². The SMILES string of the molecule is CCC(CC)(CO)CNS(=O)(=O)c1cc(C#N)ccc1C. The summed E-state index contributed by atoms with van der Waals surface area (Å²) in [5, 5.41) is 18.4. The monoisotopic (exact) mass is 310 g/mol. The molecule has 116 valence electrons. The maximum atomic E-state index is 12.4. The average Bonchev–Trinajstić information content (AvgIpc) is 2.49. The van der Waals surface area contributed by atoms with Crippen LogP contribution in [0.25, 0.3) is 0 Å². The van der Waals surface area contributed by atoms with Crippen LogP contribution in [0.5, 0.6) is 0 Å². The van der Waals surface area contributed by atoms with Crippen molar-refractivity contribution in [3.05, 3.63) is 29.3 Å². The van der Waals surface area contributed by atoms with Crippen molar-refractivity contribution in [2.45, 2.75) is 38.5 Å². The lowest BCUT2D eigenvalue weighted by molar-refractivity contribution is 0.119. The molecule has 0 aliphatic heterocycles. The Kier molecular flexibility index (Phi) is 5.90. The second-order valence-corrected chi connectivity index (χ2v) is 7.02. The Balaban J connectivity index is 3.05. The Morgan fingerprint density at radius 2 is 1.95 bits per heavy atom. The van der Waals surface area contributed by atoms with Crippen molar-refractivity contribution < 1.29 is 13.5 Å². The summed E-state index contributed by atoms with van der Waals surface area (Å²) in [6.45, 7) is 5.65. The van der Waals surface area contributed by atoms with Crippen LogP contribution in [0.2, 0.25) is 0 Å². The van der Waals surface area contributed by atoms with E-state index in [2.05, 4.69) is 4.72 Å². The van der Waals surface area contributed by atoms with Crippen LogP contribution in [0.3, 0.4) is 0 Å². The van der Waals surface area contributed by atoms with Crippen LogP contribution in [0.1, 0.15) is 37.8 Å². The molecule has 0 spiro atoms. The number of sulfonamides is 1. The zero-order valence-corrected chi connectivity index (χ0v) is 13.5. The van der Waals surface area contributed by atoms with Crippen LogP contribution in [-0.4, -0.2) is 26.7 Å². The minimum atomic E-state index is -3.70. The number of aliphatic hydroxyl groups is 1. The summed E-state index contributed by atoms with van der Waals surface area (Å²) in [5.41, 5.74) is 0.442. The van der Waals surface area contributed by atoms with E-state index in [0.717, 1.165) is 0 Å². The maximum absolute atomic E-state index is 12.4. The Morgan fingerprint density at radius 3 is 2.43 bits per heavy atom. The Morgan fingerprint density at radius 1 is 1.33 bits per heavy atom. The van der Waals surface area contributed by atoms with Crippen LogP contribution < -0.4 is 4.72 Å². The molecule has 0 heterocycles. The number of hydrogen-bond acceptors (Lipinski definition) is 4. The third-order valence-electron chi connectivity index (χ3n) is 4.08. The fourth-order valence-electron chi connectivity index (χ4n) is 2.06. The van der Waals surface area contributed by atoms with Crippen LogP contribution >= 0.6 is 0 Å². The highest BCUT2D eigenvalue weighted by Gasteiger charge is 2.28. The van der Waals surface area contributed by atoms with Crippen molar-refractivity contribution >= 4 is 10.0 Å². The van der Waals surface area contributed by atoms with Crippen molar-refractivity contribution in [2.24, 2.45) is 5.41 Å². The first-order valence-corrected chi connectivity index (χ1v) is 8.43. The van der Waals surface area contributed by atoms with E-state index < -0.39 is 15.4 Å². The molecule has 2 N–H and O–H groups in total. The van der Waals surface area contributed by atoms with Crippen molar-refractivity contribution in [1.29, 1.82) is 5.26 Å². The van der Waals surface area contributed by atoms with Gasteiger partial charge in [-0.25, -0.2) is 13.1 Å². The molecule has 0 aliphatic rings. The molecular weight excluding hydrogens is 288 g/mol. The number of hydrogen-bond donors (Lipinski definition) is 2. The van der Waals surface area contributed by atoms with E-state index in [9.17, 15) is 13.5 Å². The minimum absolute atomic E-state index is 0.0697. The number of nitrogens with zero attached hydrogens (tertiary/aromatic N) is 1. The Hall–Kier alpha value is -1.42. The Labute approximate surface area is 126 Å². The largest absolute Gasteiger partial charge is 0.396 e. The van der Waals surface area contributed by atoms with Gasteiger partial charge in [0.15, 0.2) is 0 Å². The zero-order valence-electron chi connectivity index (χ0n) is 12.7. The normalized spacial score (nSPS) is 12.1. The third kappa shape index (κ3) is 4.03. The van der Waals surface area contributed by atoms with Gasteiger partial charge >= 0.3 is 0 Å². The van der Waals surface area contributed by atoms with Gasteiger partial charge in [-0.15, -0.1) is 0 Å². The predicted molar refractivity (Wildman–Crippen MR) is 81.2 cm³/mol. The van der Waals surface area contributed by atoms with Crippen molar-refractivity contribution in [3.63, 3.8) is 0 Å². The second-order valence-electron chi connectivity index (χ2n) is 5.28. The summed E-state index contributed by atoms with van der Waals surface area (Å²) in [5.74, 6) is 0. The number of benzene rings is 1. The molecule has 1 aromatic carbocycles. The molecular formula is C15H22N2O3S. The number of nitriles is 1. The van der Waals surface area contributed by atoms with Gasteiger partial charge in [-0.3, -0.25) is 0 Å². The summed E-state index contributed by atoms with van der Waals surface area (Å²) in [7, 11) is -3.70. The van der Waals surface area contributed by atoms with Gasteiger partial charge in [0.05, 0.1) is 16.5 Å². The molecule has 21 heavy (non-hydrogen) atoms. The summed E-state index contributed by atoms with van der Waals surface area (Å²) in [6.07, 6.45) is 1.36. The van der Waals surface area contributed by atoms with E-state index in [1.54, 1.807) is 19.1 Å². The van der Waals surface area contributed by atoms with Crippen molar-refractivity contribution in [2.75, 3.05) is 13.2 Å². The van der Waals surface area contributed by atoms with Crippen LogP contribution in [0, 0.1) is 23.7 Å². The first-order valence-electron chi connectivity index (χ1n) is 6.95. The Bertz CT molecular complexity index is 621. The van der Waals surface area contributed by atoms with Gasteiger partial charge in [-0.2, -0.15) is 5.26 Å². The predicted octanol–water partition coefficient (Wildman–Crippen LogP) is 1.94. The summed E-state index contributed by atoms with van der Waals surface area (Å²) < 4.78 is 27.4. The van der Waals surface area contributed by atoms with E-state index in [0.29, 0.717) is 24.0 Å². The number of aryl methyl sites for hydroxylation is 1. The summed E-state index contributed by atoms with van der Waals surface area (Å²) in [6, 6.07) is 6.52. The van der Waals surface area contributed by atoms with Gasteiger partial charge in [-0.1, -0.05) is 19.9 Å². The van der Waals surface area contributed by atoms with Gasteiger partial charge in [0.25, 0.3) is 0 Å². The molecule has 0 aromatic heterocycles. The molecule has 0 atom stereocenters. The van der Waals surface area contributed by atoms with Gasteiger partial charge in [0, 0.05) is 18.6 Å². The molecule has 6 heteroatoms. The molecule has 5 nitrogen and oxygen atoms in total. The number of nitrogens with one attached hydrogen (secondary N) is 1. The van der Waals surface area contributed by atoms with Crippen LogP contribution in [0.4, 0.5) is 0 Å². The quantitative estimate of drug-likeness (QED) is 0.805. The average molecular weight is 310 g/mol. The van der Waals surface area contributed by atoms with Gasteiger partial charge in [0.1, 0.15) is 0 Å². The molecule has 0 bridgehead atoms. The molecule has 0 fully saturated rings. The molecule has 0 saturated carbocycles. The zero-order chi connectivity index (χ0) is 16.1. The smallest absolute Gasteiger partial charge is 0.240 e.